The smallest absolute Gasteiger partial charge is 0.188 e. The molecule has 1 rings (SSSR count). The maximum absolute atomic E-state index is 9.79. The van der Waals surface area contributed by atoms with Gasteiger partial charge in [-0.3, -0.25) is 4.99 Å². The van der Waals surface area contributed by atoms with E-state index in [1.54, 1.807) is 0 Å². The minimum Gasteiger partial charge on any atom is -0.388 e. The summed E-state index contributed by atoms with van der Waals surface area (Å²) in [6, 6.07) is 0. The second kappa shape index (κ2) is 6.70. The largest absolute Gasteiger partial charge is 0.388 e. The van der Waals surface area contributed by atoms with E-state index >= 15 is 0 Å². The van der Waals surface area contributed by atoms with Gasteiger partial charge >= 0.3 is 0 Å². The molecular formula is C11H23N3O2. The number of ether oxygens (including phenoxy) is 1. The number of rotatable bonds is 7. The van der Waals surface area contributed by atoms with Gasteiger partial charge < -0.3 is 20.9 Å². The van der Waals surface area contributed by atoms with E-state index in [1.807, 2.05) is 6.92 Å². The van der Waals surface area contributed by atoms with Crippen molar-refractivity contribution in [2.24, 2.45) is 10.7 Å². The molecule has 0 bridgehead atoms. The molecule has 0 aromatic rings. The van der Waals surface area contributed by atoms with Crippen LogP contribution in [0.3, 0.4) is 0 Å². The van der Waals surface area contributed by atoms with Crippen molar-refractivity contribution in [3.63, 3.8) is 0 Å². The van der Waals surface area contributed by atoms with Gasteiger partial charge in [0.05, 0.1) is 12.1 Å². The van der Waals surface area contributed by atoms with E-state index in [1.165, 1.54) is 0 Å². The Balaban J connectivity index is 2.04. The monoisotopic (exact) mass is 229 g/mol. The van der Waals surface area contributed by atoms with Crippen molar-refractivity contribution in [2.75, 3.05) is 26.3 Å². The molecule has 4 N–H and O–H groups in total. The summed E-state index contributed by atoms with van der Waals surface area (Å²) in [6.45, 7) is 4.63. The molecule has 0 aliphatic heterocycles. The molecule has 0 aromatic carbocycles. The number of guanidine groups is 1. The second-order valence-electron chi connectivity index (χ2n) is 4.26. The van der Waals surface area contributed by atoms with E-state index < -0.39 is 5.60 Å². The lowest BCUT2D eigenvalue weighted by Crippen LogP contribution is -2.42. The number of hydrogen-bond donors (Lipinski definition) is 3. The van der Waals surface area contributed by atoms with E-state index in [0.29, 0.717) is 12.5 Å². The number of aliphatic hydroxyl groups is 1. The standard InChI is InChI=1S/C11H23N3O2/c1-2-16-8-4-7-13-10(12)14-9-11(15)5-3-6-11/h15H,2-9H2,1H3,(H3,12,13,14). The van der Waals surface area contributed by atoms with Crippen LogP contribution >= 0.6 is 0 Å². The van der Waals surface area contributed by atoms with Gasteiger partial charge in [0.25, 0.3) is 0 Å². The average molecular weight is 229 g/mol. The molecular weight excluding hydrogens is 206 g/mol. The predicted molar refractivity (Wildman–Crippen MR) is 64.4 cm³/mol. The van der Waals surface area contributed by atoms with Gasteiger partial charge in [-0.1, -0.05) is 0 Å². The molecule has 1 fully saturated rings. The first-order chi connectivity index (χ1) is 7.66. The molecule has 0 amide bonds. The van der Waals surface area contributed by atoms with Crippen LogP contribution in [0, 0.1) is 0 Å². The summed E-state index contributed by atoms with van der Waals surface area (Å²) < 4.78 is 5.20. The van der Waals surface area contributed by atoms with Crippen LogP contribution in [0.1, 0.15) is 32.6 Å². The van der Waals surface area contributed by atoms with E-state index in [0.717, 1.165) is 45.4 Å². The van der Waals surface area contributed by atoms with Gasteiger partial charge in [0.15, 0.2) is 5.96 Å². The normalized spacial score (nSPS) is 19.2. The van der Waals surface area contributed by atoms with Crippen molar-refractivity contribution >= 4 is 5.96 Å². The molecule has 0 spiro atoms. The summed E-state index contributed by atoms with van der Waals surface area (Å²) in [5, 5.41) is 12.8. The third-order valence-electron chi connectivity index (χ3n) is 2.80. The van der Waals surface area contributed by atoms with Gasteiger partial charge in [-0.2, -0.15) is 0 Å². The Morgan fingerprint density at radius 1 is 1.56 bits per heavy atom. The maximum atomic E-state index is 9.79. The quantitative estimate of drug-likeness (QED) is 0.332. The summed E-state index contributed by atoms with van der Waals surface area (Å²) in [7, 11) is 0. The second-order valence-corrected chi connectivity index (χ2v) is 4.26. The van der Waals surface area contributed by atoms with Gasteiger partial charge in [0, 0.05) is 19.8 Å². The van der Waals surface area contributed by atoms with Crippen molar-refractivity contribution in [3.8, 4) is 0 Å². The van der Waals surface area contributed by atoms with Crippen molar-refractivity contribution < 1.29 is 9.84 Å². The zero-order valence-electron chi connectivity index (χ0n) is 10.0. The van der Waals surface area contributed by atoms with Crippen LogP contribution in [0.25, 0.3) is 0 Å². The molecule has 0 radical (unpaired) electrons. The van der Waals surface area contributed by atoms with Crippen molar-refractivity contribution in [3.05, 3.63) is 0 Å². The highest BCUT2D eigenvalue weighted by atomic mass is 16.5. The van der Waals surface area contributed by atoms with Crippen LogP contribution < -0.4 is 11.1 Å². The summed E-state index contributed by atoms with van der Waals surface area (Å²) in [5.41, 5.74) is 5.08. The third kappa shape index (κ3) is 4.81. The first-order valence-corrected chi connectivity index (χ1v) is 6.00. The third-order valence-corrected chi connectivity index (χ3v) is 2.80. The number of aliphatic imine (C=N–C) groups is 1. The molecule has 16 heavy (non-hydrogen) atoms. The molecule has 0 heterocycles. The Bertz CT molecular complexity index is 227. The fourth-order valence-electron chi connectivity index (χ4n) is 1.57. The summed E-state index contributed by atoms with van der Waals surface area (Å²) >= 11 is 0. The van der Waals surface area contributed by atoms with Gasteiger partial charge in [0.2, 0.25) is 0 Å². The summed E-state index contributed by atoms with van der Waals surface area (Å²) in [4.78, 5) is 4.13. The van der Waals surface area contributed by atoms with Crippen LogP contribution in [0.2, 0.25) is 0 Å². The van der Waals surface area contributed by atoms with Crippen LogP contribution in [0.4, 0.5) is 0 Å². The summed E-state index contributed by atoms with van der Waals surface area (Å²) in [5.74, 6) is 0.414. The number of nitrogens with two attached hydrogens (primary N) is 1. The Kier molecular flexibility index (Phi) is 5.55. The van der Waals surface area contributed by atoms with Crippen LogP contribution in [0.15, 0.2) is 4.99 Å². The van der Waals surface area contributed by atoms with Crippen molar-refractivity contribution in [2.45, 2.75) is 38.2 Å². The maximum Gasteiger partial charge on any atom is 0.188 e. The minimum atomic E-state index is -0.586. The van der Waals surface area contributed by atoms with E-state index in [4.69, 9.17) is 10.5 Å². The fraction of sp³-hybridized carbons (Fsp3) is 0.909. The van der Waals surface area contributed by atoms with Gasteiger partial charge in [-0.15, -0.1) is 0 Å². The molecule has 5 nitrogen and oxygen atoms in total. The van der Waals surface area contributed by atoms with Crippen molar-refractivity contribution in [1.29, 1.82) is 0 Å². The van der Waals surface area contributed by atoms with Crippen LogP contribution in [-0.4, -0.2) is 43.0 Å². The Morgan fingerprint density at radius 3 is 2.88 bits per heavy atom. The molecule has 0 saturated heterocycles. The highest BCUT2D eigenvalue weighted by molar-refractivity contribution is 5.77. The molecule has 5 heteroatoms. The Hall–Kier alpha value is -0.810. The molecule has 1 aliphatic rings. The molecule has 94 valence electrons. The fourth-order valence-corrected chi connectivity index (χ4v) is 1.57. The Labute approximate surface area is 97.1 Å². The molecule has 0 atom stereocenters. The zero-order valence-corrected chi connectivity index (χ0v) is 10.0. The molecule has 1 aliphatic carbocycles. The number of hydrogen-bond acceptors (Lipinski definition) is 3. The minimum absolute atomic E-state index is 0.414. The molecule has 0 aromatic heterocycles. The predicted octanol–water partition coefficient (Wildman–Crippen LogP) is 0.232. The van der Waals surface area contributed by atoms with E-state index in [-0.39, 0.29) is 0 Å². The highest BCUT2D eigenvalue weighted by Gasteiger charge is 2.33. The number of nitrogens with zero attached hydrogens (tertiary/aromatic N) is 1. The van der Waals surface area contributed by atoms with Gasteiger partial charge in [0.1, 0.15) is 0 Å². The van der Waals surface area contributed by atoms with Crippen molar-refractivity contribution in [1.82, 2.24) is 5.32 Å². The first-order valence-electron chi connectivity index (χ1n) is 6.00. The average Bonchev–Trinajstić information content (AvgIpc) is 2.23. The lowest BCUT2D eigenvalue weighted by Gasteiger charge is -2.34. The topological polar surface area (TPSA) is 79.9 Å². The zero-order chi connectivity index (χ0) is 11.9. The molecule has 1 saturated carbocycles. The molecule has 0 unspecified atom stereocenters. The summed E-state index contributed by atoms with van der Waals surface area (Å²) in [6.07, 6.45) is 3.68. The van der Waals surface area contributed by atoms with Crippen LogP contribution in [0.5, 0.6) is 0 Å². The SMILES string of the molecule is CCOCCCNC(N)=NCC1(O)CCC1. The van der Waals surface area contributed by atoms with E-state index in [9.17, 15) is 5.11 Å². The number of nitrogens with one attached hydrogen (secondary N) is 1. The highest BCUT2D eigenvalue weighted by Crippen LogP contribution is 2.31. The van der Waals surface area contributed by atoms with Gasteiger partial charge in [-0.05, 0) is 32.6 Å². The van der Waals surface area contributed by atoms with Crippen LogP contribution in [-0.2, 0) is 4.74 Å². The van der Waals surface area contributed by atoms with Gasteiger partial charge in [-0.25, -0.2) is 0 Å². The first kappa shape index (κ1) is 13.3. The lowest BCUT2D eigenvalue weighted by molar-refractivity contribution is -0.0235. The van der Waals surface area contributed by atoms with E-state index in [2.05, 4.69) is 10.3 Å². The Morgan fingerprint density at radius 2 is 2.31 bits per heavy atom. The lowest BCUT2D eigenvalue weighted by atomic mass is 9.80.